The van der Waals surface area contributed by atoms with Crippen molar-refractivity contribution in [1.29, 1.82) is 0 Å². The minimum absolute atomic E-state index is 0. The van der Waals surface area contributed by atoms with Crippen molar-refractivity contribution in [2.24, 2.45) is 16.6 Å². The molecule has 0 unspecified atom stereocenters. The predicted octanol–water partition coefficient (Wildman–Crippen LogP) is 2.93. The summed E-state index contributed by atoms with van der Waals surface area (Å²) in [6.07, 6.45) is 3.95. The van der Waals surface area contributed by atoms with Gasteiger partial charge in [0.2, 0.25) is 10.0 Å². The Hall–Kier alpha value is -0.870. The number of sulfonamides is 1. The molecule has 3 N–H and O–H groups in total. The average Bonchev–Trinajstić information content (AvgIpc) is 2.60. The van der Waals surface area contributed by atoms with E-state index in [0.29, 0.717) is 35.4 Å². The van der Waals surface area contributed by atoms with Crippen molar-refractivity contribution < 1.29 is 8.42 Å². The zero-order chi connectivity index (χ0) is 18.3. The summed E-state index contributed by atoms with van der Waals surface area (Å²) in [5.74, 6) is 0.946. The van der Waals surface area contributed by atoms with Crippen molar-refractivity contribution in [3.05, 3.63) is 29.8 Å². The van der Waals surface area contributed by atoms with E-state index in [1.165, 1.54) is 0 Å². The van der Waals surface area contributed by atoms with Gasteiger partial charge in [-0.1, -0.05) is 38.5 Å². The number of aliphatic imine (C=N–C) groups is 1. The Labute approximate surface area is 174 Å². The van der Waals surface area contributed by atoms with Gasteiger partial charge in [-0.15, -0.1) is 24.0 Å². The highest BCUT2D eigenvalue weighted by Gasteiger charge is 2.27. The van der Waals surface area contributed by atoms with Gasteiger partial charge in [-0.3, -0.25) is 0 Å². The third-order valence-corrected chi connectivity index (χ3v) is 6.35. The zero-order valence-electron chi connectivity index (χ0n) is 15.6. The average molecular weight is 494 g/mol. The molecular weight excluding hydrogens is 463 g/mol. The summed E-state index contributed by atoms with van der Waals surface area (Å²) in [5, 5.41) is 3.07. The standard InChI is InChI=1S/C18H30N4O2S.HI/c1-15(2)10-11-20-18(19)21-14-16-8-4-5-9-17(16)25(23,24)22-12-6-3-7-13-22;/h4-5,8-9,15H,3,6-7,10-14H2,1-2H3,(H3,19,20,21);1H. The number of piperidine rings is 1. The second-order valence-corrected chi connectivity index (χ2v) is 8.79. The monoisotopic (exact) mass is 494 g/mol. The van der Waals surface area contributed by atoms with Gasteiger partial charge in [-0.25, -0.2) is 13.4 Å². The molecule has 0 spiro atoms. The van der Waals surface area contributed by atoms with Crippen molar-refractivity contribution in [3.63, 3.8) is 0 Å². The van der Waals surface area contributed by atoms with Crippen molar-refractivity contribution in [2.75, 3.05) is 19.6 Å². The van der Waals surface area contributed by atoms with Crippen LogP contribution in [-0.4, -0.2) is 38.3 Å². The van der Waals surface area contributed by atoms with E-state index in [4.69, 9.17) is 5.73 Å². The van der Waals surface area contributed by atoms with Crippen molar-refractivity contribution >= 4 is 40.0 Å². The van der Waals surface area contributed by atoms with E-state index < -0.39 is 10.0 Å². The molecule has 1 aromatic carbocycles. The Morgan fingerprint density at radius 1 is 1.23 bits per heavy atom. The summed E-state index contributed by atoms with van der Waals surface area (Å²) in [6, 6.07) is 7.07. The highest BCUT2D eigenvalue weighted by atomic mass is 127. The second-order valence-electron chi connectivity index (χ2n) is 6.88. The molecule has 0 radical (unpaired) electrons. The number of guanidine groups is 1. The van der Waals surface area contributed by atoms with Crippen LogP contribution in [0.5, 0.6) is 0 Å². The van der Waals surface area contributed by atoms with Gasteiger partial charge in [0.1, 0.15) is 0 Å². The van der Waals surface area contributed by atoms with Crippen LogP contribution in [0.25, 0.3) is 0 Å². The highest BCUT2D eigenvalue weighted by molar-refractivity contribution is 14.0. The number of benzene rings is 1. The Morgan fingerprint density at radius 2 is 1.88 bits per heavy atom. The van der Waals surface area contributed by atoms with Gasteiger partial charge >= 0.3 is 0 Å². The van der Waals surface area contributed by atoms with E-state index in [1.807, 2.05) is 12.1 Å². The highest BCUT2D eigenvalue weighted by Crippen LogP contribution is 2.24. The summed E-state index contributed by atoms with van der Waals surface area (Å²) in [6.45, 7) is 6.51. The molecule has 148 valence electrons. The lowest BCUT2D eigenvalue weighted by atomic mass is 10.1. The Bertz CT molecular complexity index is 686. The Balaban J connectivity index is 0.00000338. The first-order valence-electron chi connectivity index (χ1n) is 9.03. The largest absolute Gasteiger partial charge is 0.370 e. The summed E-state index contributed by atoms with van der Waals surface area (Å²) < 4.78 is 27.4. The third kappa shape index (κ3) is 6.70. The molecule has 0 bridgehead atoms. The topological polar surface area (TPSA) is 87.8 Å². The molecule has 1 saturated heterocycles. The Kier molecular flexibility index (Phi) is 9.88. The predicted molar refractivity (Wildman–Crippen MR) is 117 cm³/mol. The summed E-state index contributed by atoms with van der Waals surface area (Å²) in [5.41, 5.74) is 6.57. The molecule has 2 rings (SSSR count). The number of rotatable bonds is 7. The molecule has 0 saturated carbocycles. The third-order valence-electron chi connectivity index (χ3n) is 4.35. The smallest absolute Gasteiger partial charge is 0.243 e. The van der Waals surface area contributed by atoms with Gasteiger partial charge in [-0.2, -0.15) is 4.31 Å². The minimum atomic E-state index is -3.47. The quantitative estimate of drug-likeness (QED) is 0.347. The molecule has 1 aliphatic heterocycles. The maximum absolute atomic E-state index is 12.9. The van der Waals surface area contributed by atoms with Gasteiger partial charge in [0.25, 0.3) is 0 Å². The molecule has 26 heavy (non-hydrogen) atoms. The number of hydrogen-bond donors (Lipinski definition) is 2. The number of nitrogens with zero attached hydrogens (tertiary/aromatic N) is 2. The number of nitrogens with two attached hydrogens (primary N) is 1. The van der Waals surface area contributed by atoms with Crippen LogP contribution in [0.2, 0.25) is 0 Å². The van der Waals surface area contributed by atoms with Gasteiger partial charge in [0, 0.05) is 19.6 Å². The van der Waals surface area contributed by atoms with Crippen molar-refractivity contribution in [3.8, 4) is 0 Å². The van der Waals surface area contributed by atoms with Crippen LogP contribution in [0.1, 0.15) is 45.1 Å². The van der Waals surface area contributed by atoms with Crippen LogP contribution in [0.15, 0.2) is 34.2 Å². The maximum Gasteiger partial charge on any atom is 0.243 e. The molecular formula is C18H31IN4O2S. The van der Waals surface area contributed by atoms with Crippen molar-refractivity contribution in [2.45, 2.75) is 51.0 Å². The molecule has 1 aromatic rings. The molecule has 1 heterocycles. The fourth-order valence-corrected chi connectivity index (χ4v) is 4.58. The molecule has 1 fully saturated rings. The van der Waals surface area contributed by atoms with Gasteiger partial charge in [0.15, 0.2) is 5.96 Å². The lowest BCUT2D eigenvalue weighted by molar-refractivity contribution is 0.346. The van der Waals surface area contributed by atoms with Gasteiger partial charge in [-0.05, 0) is 36.8 Å². The van der Waals surface area contributed by atoms with E-state index >= 15 is 0 Å². The maximum atomic E-state index is 12.9. The molecule has 0 aromatic heterocycles. The minimum Gasteiger partial charge on any atom is -0.370 e. The van der Waals surface area contributed by atoms with Crippen LogP contribution in [0.4, 0.5) is 0 Å². The zero-order valence-corrected chi connectivity index (χ0v) is 18.8. The van der Waals surface area contributed by atoms with E-state index in [1.54, 1.807) is 16.4 Å². The lowest BCUT2D eigenvalue weighted by Crippen LogP contribution is -2.36. The van der Waals surface area contributed by atoms with Crippen LogP contribution < -0.4 is 11.1 Å². The molecule has 6 nitrogen and oxygen atoms in total. The SMILES string of the molecule is CC(C)CCNC(N)=NCc1ccccc1S(=O)(=O)N1CCCCC1.I. The van der Waals surface area contributed by atoms with Gasteiger partial charge in [0.05, 0.1) is 11.4 Å². The molecule has 0 amide bonds. The van der Waals surface area contributed by atoms with Crippen LogP contribution in [0.3, 0.4) is 0 Å². The first-order chi connectivity index (χ1) is 11.9. The molecule has 0 aliphatic carbocycles. The number of halogens is 1. The first-order valence-corrected chi connectivity index (χ1v) is 10.5. The first kappa shape index (κ1) is 23.2. The normalized spacial score (nSPS) is 16.3. The number of hydrogen-bond acceptors (Lipinski definition) is 3. The lowest BCUT2D eigenvalue weighted by Gasteiger charge is -2.26. The fraction of sp³-hybridized carbons (Fsp3) is 0.611. The van der Waals surface area contributed by atoms with Crippen LogP contribution in [0, 0.1) is 5.92 Å². The molecule has 1 aliphatic rings. The molecule has 0 atom stereocenters. The Morgan fingerprint density at radius 3 is 2.54 bits per heavy atom. The summed E-state index contributed by atoms with van der Waals surface area (Å²) in [7, 11) is -3.47. The molecule has 8 heteroatoms. The van der Waals surface area contributed by atoms with Crippen LogP contribution in [-0.2, 0) is 16.6 Å². The summed E-state index contributed by atoms with van der Waals surface area (Å²) >= 11 is 0. The number of nitrogens with one attached hydrogen (secondary N) is 1. The summed E-state index contributed by atoms with van der Waals surface area (Å²) in [4.78, 5) is 4.65. The van der Waals surface area contributed by atoms with E-state index in [0.717, 1.165) is 32.2 Å². The van der Waals surface area contributed by atoms with Crippen LogP contribution >= 0.6 is 24.0 Å². The van der Waals surface area contributed by atoms with Gasteiger partial charge < -0.3 is 11.1 Å². The van der Waals surface area contributed by atoms with Crippen molar-refractivity contribution in [1.82, 2.24) is 9.62 Å². The fourth-order valence-electron chi connectivity index (χ4n) is 2.85. The second kappa shape index (κ2) is 11.1. The van der Waals surface area contributed by atoms with E-state index in [2.05, 4.69) is 24.2 Å². The van der Waals surface area contributed by atoms with E-state index in [-0.39, 0.29) is 30.5 Å². The van der Waals surface area contributed by atoms with E-state index in [9.17, 15) is 8.42 Å².